The molecule has 2 rings (SSSR count). The van der Waals surface area contributed by atoms with Crippen molar-refractivity contribution in [2.45, 2.75) is 38.6 Å². The van der Waals surface area contributed by atoms with Gasteiger partial charge in [-0.2, -0.15) is 0 Å². The first-order valence-corrected chi connectivity index (χ1v) is 8.85. The molecule has 1 fully saturated rings. The summed E-state index contributed by atoms with van der Waals surface area (Å²) in [4.78, 5) is 35.5. The number of amides is 3. The molecule has 2 N–H and O–H groups in total. The molecule has 1 aliphatic rings. The molecule has 0 unspecified atom stereocenters. The van der Waals surface area contributed by atoms with E-state index in [0.29, 0.717) is 10.9 Å². The van der Waals surface area contributed by atoms with Crippen LogP contribution < -0.4 is 10.6 Å². The molecule has 0 saturated heterocycles. The lowest BCUT2D eigenvalue weighted by Crippen LogP contribution is -2.48. The molecule has 0 aliphatic heterocycles. The summed E-state index contributed by atoms with van der Waals surface area (Å²) >= 11 is 11.6. The van der Waals surface area contributed by atoms with Crippen molar-refractivity contribution in [3.05, 3.63) is 33.8 Å². The van der Waals surface area contributed by atoms with Crippen molar-refractivity contribution >= 4 is 41.1 Å². The number of carbonyl (C=O) groups is 3. The Labute approximate surface area is 156 Å². The minimum Gasteiger partial charge on any atom is -0.452 e. The monoisotopic (exact) mass is 386 g/mol. The Morgan fingerprint density at radius 2 is 1.92 bits per heavy atom. The number of halogens is 2. The fourth-order valence-corrected chi connectivity index (χ4v) is 3.25. The number of benzene rings is 1. The van der Waals surface area contributed by atoms with Gasteiger partial charge in [-0.15, -0.1) is 0 Å². The summed E-state index contributed by atoms with van der Waals surface area (Å²) in [5.41, 5.74) is 0.0966. The van der Waals surface area contributed by atoms with Gasteiger partial charge in [0.2, 0.25) is 0 Å². The Hall–Kier alpha value is -1.79. The van der Waals surface area contributed by atoms with Crippen LogP contribution in [-0.2, 0) is 9.53 Å². The maximum atomic E-state index is 11.9. The number of nitrogens with one attached hydrogen (secondary N) is 2. The highest BCUT2D eigenvalue weighted by Gasteiger charge is 2.23. The number of hydrogen-bond donors (Lipinski definition) is 2. The normalized spacial score (nSPS) is 19.8. The van der Waals surface area contributed by atoms with Crippen LogP contribution >= 0.6 is 23.2 Å². The minimum atomic E-state index is -0.766. The molecule has 0 aromatic heterocycles. The third-order valence-corrected chi connectivity index (χ3v) is 4.71. The molecule has 1 saturated carbocycles. The van der Waals surface area contributed by atoms with Gasteiger partial charge in [-0.25, -0.2) is 9.59 Å². The van der Waals surface area contributed by atoms with E-state index in [4.69, 9.17) is 27.9 Å². The van der Waals surface area contributed by atoms with Gasteiger partial charge in [0, 0.05) is 11.1 Å². The number of esters is 1. The maximum absolute atomic E-state index is 11.9. The van der Waals surface area contributed by atoms with Crippen LogP contribution in [0, 0.1) is 5.92 Å². The number of ether oxygens (including phenoxy) is 1. The molecule has 1 aromatic carbocycles. The highest BCUT2D eigenvalue weighted by molar-refractivity contribution is 6.36. The molecule has 2 atom stereocenters. The van der Waals surface area contributed by atoms with E-state index in [1.54, 1.807) is 0 Å². The van der Waals surface area contributed by atoms with Crippen molar-refractivity contribution in [2.75, 3.05) is 6.61 Å². The lowest BCUT2D eigenvalue weighted by Gasteiger charge is -2.29. The predicted molar refractivity (Wildman–Crippen MR) is 94.8 cm³/mol. The number of rotatable bonds is 4. The zero-order valence-corrected chi connectivity index (χ0v) is 15.3. The van der Waals surface area contributed by atoms with Gasteiger partial charge in [-0.1, -0.05) is 43.0 Å². The average Bonchev–Trinajstić information content (AvgIpc) is 2.54. The van der Waals surface area contributed by atoms with Crippen molar-refractivity contribution in [3.8, 4) is 0 Å². The Morgan fingerprint density at radius 3 is 2.60 bits per heavy atom. The second-order valence-electron chi connectivity index (χ2n) is 6.09. The van der Waals surface area contributed by atoms with Crippen LogP contribution in [0.4, 0.5) is 4.79 Å². The van der Waals surface area contributed by atoms with Gasteiger partial charge in [0.25, 0.3) is 5.91 Å². The van der Waals surface area contributed by atoms with Gasteiger partial charge in [0.15, 0.2) is 6.61 Å². The minimum absolute atomic E-state index is 0.0528. The number of hydrogen-bond acceptors (Lipinski definition) is 4. The van der Waals surface area contributed by atoms with Crippen molar-refractivity contribution in [1.29, 1.82) is 0 Å². The molecule has 0 radical (unpaired) electrons. The smallest absolute Gasteiger partial charge is 0.340 e. The molecular weight excluding hydrogens is 367 g/mol. The van der Waals surface area contributed by atoms with Crippen LogP contribution in [0.2, 0.25) is 10.0 Å². The summed E-state index contributed by atoms with van der Waals surface area (Å²) in [6.45, 7) is 1.50. The molecule has 1 aromatic rings. The van der Waals surface area contributed by atoms with E-state index < -0.39 is 24.5 Å². The Morgan fingerprint density at radius 1 is 1.20 bits per heavy atom. The lowest BCUT2D eigenvalue weighted by atomic mass is 9.86. The van der Waals surface area contributed by atoms with Crippen LogP contribution in [0.15, 0.2) is 18.2 Å². The summed E-state index contributed by atoms with van der Waals surface area (Å²) in [7, 11) is 0. The van der Waals surface area contributed by atoms with Gasteiger partial charge in [-0.3, -0.25) is 10.1 Å². The van der Waals surface area contributed by atoms with Gasteiger partial charge in [0.1, 0.15) is 0 Å². The molecule has 25 heavy (non-hydrogen) atoms. The van der Waals surface area contributed by atoms with Crippen LogP contribution in [0.1, 0.15) is 43.0 Å². The highest BCUT2D eigenvalue weighted by atomic mass is 35.5. The summed E-state index contributed by atoms with van der Waals surface area (Å²) < 4.78 is 4.86. The van der Waals surface area contributed by atoms with Crippen LogP contribution in [0.25, 0.3) is 0 Å². The third kappa shape index (κ3) is 5.90. The summed E-state index contributed by atoms with van der Waals surface area (Å²) in [6.07, 6.45) is 4.16. The number of imide groups is 1. The summed E-state index contributed by atoms with van der Waals surface area (Å²) in [5, 5.41) is 5.45. The number of carbonyl (C=O) groups excluding carboxylic acids is 3. The van der Waals surface area contributed by atoms with Crippen LogP contribution in [0.3, 0.4) is 0 Å². The molecule has 1 aliphatic carbocycles. The fourth-order valence-electron chi connectivity index (χ4n) is 2.76. The predicted octanol–water partition coefficient (Wildman–Crippen LogP) is 3.55. The largest absolute Gasteiger partial charge is 0.452 e. The Balaban J connectivity index is 1.77. The average molecular weight is 387 g/mol. The molecule has 0 heterocycles. The third-order valence-electron chi connectivity index (χ3n) is 4.17. The standard InChI is InChI=1S/C17H20Cl2N2O4/c1-10-4-2-3-5-14(10)20-17(24)21-15(22)9-25-16(23)12-7-6-11(18)8-13(12)19/h6-8,10,14H,2-5,9H2,1H3,(H2,20,21,22,24)/t10-,14-/m0/s1. The van der Waals surface area contributed by atoms with Crippen LogP contribution in [-0.4, -0.2) is 30.6 Å². The second-order valence-corrected chi connectivity index (χ2v) is 6.93. The van der Waals surface area contributed by atoms with E-state index in [1.165, 1.54) is 18.2 Å². The molecule has 0 spiro atoms. The van der Waals surface area contributed by atoms with Crippen molar-refractivity contribution < 1.29 is 19.1 Å². The Kier molecular flexibility index (Phi) is 7.08. The Bertz CT molecular complexity index is 666. The van der Waals surface area contributed by atoms with Gasteiger partial charge >= 0.3 is 12.0 Å². The SMILES string of the molecule is C[C@H]1CCCC[C@@H]1NC(=O)NC(=O)COC(=O)c1ccc(Cl)cc1Cl. The molecule has 6 nitrogen and oxygen atoms in total. The van der Waals surface area contributed by atoms with Crippen molar-refractivity contribution in [2.24, 2.45) is 5.92 Å². The van der Waals surface area contributed by atoms with Crippen molar-refractivity contribution in [3.63, 3.8) is 0 Å². The molecule has 8 heteroatoms. The van der Waals surface area contributed by atoms with E-state index in [0.717, 1.165) is 25.7 Å². The van der Waals surface area contributed by atoms with E-state index in [-0.39, 0.29) is 16.6 Å². The van der Waals surface area contributed by atoms with Crippen LogP contribution in [0.5, 0.6) is 0 Å². The zero-order chi connectivity index (χ0) is 18.4. The molecule has 3 amide bonds. The van der Waals surface area contributed by atoms with Crippen molar-refractivity contribution in [1.82, 2.24) is 10.6 Å². The first-order chi connectivity index (χ1) is 11.9. The highest BCUT2D eigenvalue weighted by Crippen LogP contribution is 2.23. The van der Waals surface area contributed by atoms with Gasteiger partial charge in [-0.05, 0) is 37.0 Å². The fraction of sp³-hybridized carbons (Fsp3) is 0.471. The van der Waals surface area contributed by atoms with E-state index in [2.05, 4.69) is 17.6 Å². The lowest BCUT2D eigenvalue weighted by molar-refractivity contribution is -0.123. The maximum Gasteiger partial charge on any atom is 0.340 e. The summed E-state index contributed by atoms with van der Waals surface area (Å²) in [5.74, 6) is -1.10. The number of urea groups is 1. The molecule has 0 bridgehead atoms. The summed E-state index contributed by atoms with van der Waals surface area (Å²) in [6, 6.07) is 3.77. The van der Waals surface area contributed by atoms with Gasteiger partial charge in [0.05, 0.1) is 10.6 Å². The topological polar surface area (TPSA) is 84.5 Å². The first-order valence-electron chi connectivity index (χ1n) is 8.09. The van der Waals surface area contributed by atoms with E-state index >= 15 is 0 Å². The molecule has 136 valence electrons. The van der Waals surface area contributed by atoms with E-state index in [9.17, 15) is 14.4 Å². The van der Waals surface area contributed by atoms with Gasteiger partial charge < -0.3 is 10.1 Å². The molecular formula is C17H20Cl2N2O4. The van der Waals surface area contributed by atoms with E-state index in [1.807, 2.05) is 0 Å². The second kappa shape index (κ2) is 9.06. The zero-order valence-electron chi connectivity index (χ0n) is 13.8. The first kappa shape index (κ1) is 19.5. The quantitative estimate of drug-likeness (QED) is 0.774.